The number of rotatable bonds is 4. The van der Waals surface area contributed by atoms with Gasteiger partial charge in [0.25, 0.3) is 0 Å². The van der Waals surface area contributed by atoms with Crippen LogP contribution in [0.1, 0.15) is 29.7 Å². The number of likely N-dealkylation sites (tertiary alicyclic amines) is 1. The summed E-state index contributed by atoms with van der Waals surface area (Å²) in [5.41, 5.74) is 5.63. The van der Waals surface area contributed by atoms with E-state index in [4.69, 9.17) is 4.98 Å². The molecule has 1 N–H and O–H groups in total. The second-order valence-corrected chi connectivity index (χ2v) is 7.72. The van der Waals surface area contributed by atoms with Crippen molar-refractivity contribution in [3.8, 4) is 22.9 Å². The third-order valence-electron chi connectivity index (χ3n) is 5.73. The molecule has 0 saturated carbocycles. The molecule has 1 aliphatic heterocycles. The highest BCUT2D eigenvalue weighted by Crippen LogP contribution is 2.25. The summed E-state index contributed by atoms with van der Waals surface area (Å²) >= 11 is 0. The van der Waals surface area contributed by atoms with Crippen molar-refractivity contribution in [2.24, 2.45) is 5.92 Å². The summed E-state index contributed by atoms with van der Waals surface area (Å²) in [6.07, 6.45) is 7.23. The quantitative estimate of drug-likeness (QED) is 0.762. The number of piperidine rings is 1. The maximum absolute atomic E-state index is 4.81. The Labute approximate surface area is 160 Å². The van der Waals surface area contributed by atoms with Gasteiger partial charge >= 0.3 is 0 Å². The molecule has 1 aliphatic rings. The fraction of sp³-hybridized carbons (Fsp3) is 0.409. The molecule has 5 nitrogen and oxygen atoms in total. The van der Waals surface area contributed by atoms with E-state index < -0.39 is 0 Å². The van der Waals surface area contributed by atoms with Gasteiger partial charge in [0, 0.05) is 17.5 Å². The molecule has 4 rings (SSSR count). The lowest BCUT2D eigenvalue weighted by molar-refractivity contribution is 0.218. The second-order valence-electron chi connectivity index (χ2n) is 7.72. The van der Waals surface area contributed by atoms with Crippen LogP contribution < -0.4 is 0 Å². The van der Waals surface area contributed by atoms with E-state index in [0.29, 0.717) is 0 Å². The van der Waals surface area contributed by atoms with Crippen LogP contribution in [0.15, 0.2) is 36.7 Å². The summed E-state index contributed by atoms with van der Waals surface area (Å²) in [6, 6.07) is 8.34. The minimum Gasteiger partial charge on any atom is -0.335 e. The number of aromatic amines is 1. The fourth-order valence-corrected chi connectivity index (χ4v) is 3.78. The van der Waals surface area contributed by atoms with Crippen LogP contribution in [0.3, 0.4) is 0 Å². The maximum Gasteiger partial charge on any atom is 0.177 e. The molecule has 1 saturated heterocycles. The SMILES string of the molecule is Cc1cccc(-c2ncc(-c3nccc(CC4CCN(C)CC4)n3)[nH]2)c1C. The van der Waals surface area contributed by atoms with Crippen LogP contribution in [0.25, 0.3) is 22.9 Å². The monoisotopic (exact) mass is 361 g/mol. The summed E-state index contributed by atoms with van der Waals surface area (Å²) in [5, 5.41) is 0. The summed E-state index contributed by atoms with van der Waals surface area (Å²) in [5.74, 6) is 2.32. The Bertz CT molecular complexity index is 922. The highest BCUT2D eigenvalue weighted by atomic mass is 15.1. The van der Waals surface area contributed by atoms with E-state index in [0.717, 1.165) is 40.9 Å². The molecule has 0 bridgehead atoms. The largest absolute Gasteiger partial charge is 0.335 e. The van der Waals surface area contributed by atoms with Crippen molar-refractivity contribution in [2.45, 2.75) is 33.1 Å². The topological polar surface area (TPSA) is 57.7 Å². The Hall–Kier alpha value is -2.53. The van der Waals surface area contributed by atoms with E-state index in [2.05, 4.69) is 58.9 Å². The number of imidazole rings is 1. The third-order valence-corrected chi connectivity index (χ3v) is 5.73. The van der Waals surface area contributed by atoms with Crippen LogP contribution in [0.2, 0.25) is 0 Å². The van der Waals surface area contributed by atoms with Crippen molar-refractivity contribution < 1.29 is 0 Å². The van der Waals surface area contributed by atoms with Crippen molar-refractivity contribution in [3.05, 3.63) is 53.5 Å². The van der Waals surface area contributed by atoms with E-state index in [1.807, 2.05) is 18.5 Å². The molecule has 3 heterocycles. The molecule has 140 valence electrons. The Morgan fingerprint density at radius 2 is 1.93 bits per heavy atom. The van der Waals surface area contributed by atoms with E-state index in [1.54, 1.807) is 0 Å². The minimum absolute atomic E-state index is 0.719. The molecule has 0 atom stereocenters. The molecular weight excluding hydrogens is 334 g/mol. The van der Waals surface area contributed by atoms with Crippen molar-refractivity contribution in [1.29, 1.82) is 0 Å². The number of aromatic nitrogens is 4. The Kier molecular flexibility index (Phi) is 5.03. The average Bonchev–Trinajstić information content (AvgIpc) is 3.16. The van der Waals surface area contributed by atoms with Gasteiger partial charge in [-0.1, -0.05) is 18.2 Å². The lowest BCUT2D eigenvalue weighted by atomic mass is 9.92. The fourth-order valence-electron chi connectivity index (χ4n) is 3.78. The number of hydrogen-bond acceptors (Lipinski definition) is 4. The highest BCUT2D eigenvalue weighted by molar-refractivity contribution is 5.64. The molecule has 27 heavy (non-hydrogen) atoms. The summed E-state index contributed by atoms with van der Waals surface area (Å²) in [4.78, 5) is 19.7. The van der Waals surface area contributed by atoms with Crippen LogP contribution in [0.4, 0.5) is 0 Å². The van der Waals surface area contributed by atoms with Gasteiger partial charge in [0.2, 0.25) is 0 Å². The lowest BCUT2D eigenvalue weighted by Gasteiger charge is -2.28. The van der Waals surface area contributed by atoms with Gasteiger partial charge in [0.15, 0.2) is 5.82 Å². The number of aryl methyl sites for hydroxylation is 1. The highest BCUT2D eigenvalue weighted by Gasteiger charge is 2.18. The summed E-state index contributed by atoms with van der Waals surface area (Å²) < 4.78 is 0. The van der Waals surface area contributed by atoms with E-state index in [1.165, 1.54) is 37.1 Å². The predicted molar refractivity (Wildman–Crippen MR) is 108 cm³/mol. The van der Waals surface area contributed by atoms with Gasteiger partial charge in [0.05, 0.1) is 6.20 Å². The molecule has 2 aromatic heterocycles. The number of H-pyrrole nitrogens is 1. The molecule has 3 aromatic rings. The average molecular weight is 361 g/mol. The third kappa shape index (κ3) is 3.93. The van der Waals surface area contributed by atoms with Gasteiger partial charge in [-0.15, -0.1) is 0 Å². The van der Waals surface area contributed by atoms with Gasteiger partial charge in [-0.25, -0.2) is 15.0 Å². The smallest absolute Gasteiger partial charge is 0.177 e. The molecule has 0 radical (unpaired) electrons. The Morgan fingerprint density at radius 1 is 1.11 bits per heavy atom. The Morgan fingerprint density at radius 3 is 2.74 bits per heavy atom. The first-order chi connectivity index (χ1) is 13.1. The normalized spacial score (nSPS) is 16.0. The van der Waals surface area contributed by atoms with Crippen LogP contribution in [0, 0.1) is 19.8 Å². The number of hydrogen-bond donors (Lipinski definition) is 1. The van der Waals surface area contributed by atoms with Crippen LogP contribution in [0.5, 0.6) is 0 Å². The number of benzene rings is 1. The lowest BCUT2D eigenvalue weighted by Crippen LogP contribution is -2.31. The zero-order chi connectivity index (χ0) is 18.8. The van der Waals surface area contributed by atoms with Crippen molar-refractivity contribution in [2.75, 3.05) is 20.1 Å². The van der Waals surface area contributed by atoms with Crippen LogP contribution >= 0.6 is 0 Å². The maximum atomic E-state index is 4.81. The Balaban J connectivity index is 1.54. The van der Waals surface area contributed by atoms with Crippen LogP contribution in [-0.2, 0) is 6.42 Å². The zero-order valence-electron chi connectivity index (χ0n) is 16.4. The van der Waals surface area contributed by atoms with E-state index in [9.17, 15) is 0 Å². The first-order valence-corrected chi connectivity index (χ1v) is 9.72. The molecule has 0 spiro atoms. The van der Waals surface area contributed by atoms with Gasteiger partial charge in [-0.3, -0.25) is 0 Å². The van der Waals surface area contributed by atoms with Crippen molar-refractivity contribution in [3.63, 3.8) is 0 Å². The standard InChI is InChI=1S/C22H27N5/c1-15-5-4-6-19(16(15)2)21-24-14-20(26-21)22-23-10-7-18(25-22)13-17-8-11-27(3)12-9-17/h4-7,10,14,17H,8-9,11-13H2,1-3H3,(H,24,26). The molecule has 1 fully saturated rings. The predicted octanol–water partition coefficient (Wildman–Crippen LogP) is 4.03. The van der Waals surface area contributed by atoms with Crippen molar-refractivity contribution in [1.82, 2.24) is 24.8 Å². The minimum atomic E-state index is 0.719. The van der Waals surface area contributed by atoms with Gasteiger partial charge in [0.1, 0.15) is 11.5 Å². The van der Waals surface area contributed by atoms with E-state index >= 15 is 0 Å². The van der Waals surface area contributed by atoms with Crippen LogP contribution in [-0.4, -0.2) is 45.0 Å². The van der Waals surface area contributed by atoms with Crippen molar-refractivity contribution >= 4 is 0 Å². The molecule has 0 unspecified atom stereocenters. The molecule has 1 aromatic carbocycles. The summed E-state index contributed by atoms with van der Waals surface area (Å²) in [6.45, 7) is 6.62. The summed E-state index contributed by atoms with van der Waals surface area (Å²) in [7, 11) is 2.20. The molecular formula is C22H27N5. The van der Waals surface area contributed by atoms with Gasteiger partial charge in [-0.05, 0) is 76.4 Å². The molecule has 5 heteroatoms. The first kappa shape index (κ1) is 17.9. The first-order valence-electron chi connectivity index (χ1n) is 9.72. The number of nitrogens with zero attached hydrogens (tertiary/aromatic N) is 4. The zero-order valence-corrected chi connectivity index (χ0v) is 16.4. The molecule has 0 amide bonds. The van der Waals surface area contributed by atoms with Gasteiger partial charge in [-0.2, -0.15) is 0 Å². The molecule has 0 aliphatic carbocycles. The van der Waals surface area contributed by atoms with E-state index in [-0.39, 0.29) is 0 Å². The van der Waals surface area contributed by atoms with Gasteiger partial charge < -0.3 is 9.88 Å². The number of nitrogens with one attached hydrogen (secondary N) is 1. The second kappa shape index (κ2) is 7.61.